The van der Waals surface area contributed by atoms with Crippen LogP contribution in [0.1, 0.15) is 36.0 Å². The number of amides is 1. The van der Waals surface area contributed by atoms with Crippen LogP contribution < -0.4 is 19.9 Å². The van der Waals surface area contributed by atoms with E-state index >= 15 is 0 Å². The first kappa shape index (κ1) is 22.6. The molecule has 0 saturated heterocycles. The molecule has 1 aromatic carbocycles. The molecule has 9 nitrogen and oxygen atoms in total. The Morgan fingerprint density at radius 1 is 1.30 bits per heavy atom. The monoisotopic (exact) mass is 465 g/mol. The minimum Gasteiger partial charge on any atom is -0.495 e. The van der Waals surface area contributed by atoms with E-state index in [9.17, 15) is 22.8 Å². The number of aromatic carboxylic acids is 1. The fourth-order valence-electron chi connectivity index (χ4n) is 4.21. The first-order valence-corrected chi connectivity index (χ1v) is 10.3. The van der Waals surface area contributed by atoms with Crippen molar-refractivity contribution in [2.45, 2.75) is 37.6 Å². The standard InChI is InChI=1S/C21H22F3N5O4/c1-28-15-9-25-20(26-14-8-13(22)12(18(30)31)7-16(14)33-2)27-17(15)29(11-5-3-4-6-11)10-21(23,24)19(28)32/h7-9,11H,3-6,10H2,1-2H3,(H,30,31)(H,25,26,27). The maximum Gasteiger partial charge on any atom is 0.342 e. The number of methoxy groups -OCH3 is 1. The molecule has 176 valence electrons. The minimum atomic E-state index is -3.61. The molecule has 2 heterocycles. The normalized spacial score (nSPS) is 18.2. The molecule has 0 bridgehead atoms. The molecule has 0 spiro atoms. The highest BCUT2D eigenvalue weighted by molar-refractivity contribution is 6.02. The van der Waals surface area contributed by atoms with Gasteiger partial charge in [-0.2, -0.15) is 13.8 Å². The van der Waals surface area contributed by atoms with E-state index in [2.05, 4.69) is 15.3 Å². The molecule has 0 unspecified atom stereocenters. The summed E-state index contributed by atoms with van der Waals surface area (Å²) in [5.41, 5.74) is -0.389. The number of carbonyl (C=O) groups excluding carboxylic acids is 1. The zero-order chi connectivity index (χ0) is 23.9. The van der Waals surface area contributed by atoms with Crippen LogP contribution >= 0.6 is 0 Å². The highest BCUT2D eigenvalue weighted by atomic mass is 19.3. The lowest BCUT2D eigenvalue weighted by Gasteiger charge is -2.31. The molecular weight excluding hydrogens is 443 g/mol. The van der Waals surface area contributed by atoms with E-state index < -0.39 is 35.7 Å². The summed E-state index contributed by atoms with van der Waals surface area (Å²) in [5.74, 6) is -7.28. The zero-order valence-corrected chi connectivity index (χ0v) is 17.9. The molecule has 1 aliphatic carbocycles. The second-order valence-electron chi connectivity index (χ2n) is 8.00. The van der Waals surface area contributed by atoms with Crippen LogP contribution in [0, 0.1) is 5.82 Å². The third kappa shape index (κ3) is 4.12. The predicted molar refractivity (Wildman–Crippen MR) is 113 cm³/mol. The van der Waals surface area contributed by atoms with Gasteiger partial charge in [0.2, 0.25) is 5.95 Å². The van der Waals surface area contributed by atoms with Gasteiger partial charge in [-0.3, -0.25) is 4.79 Å². The van der Waals surface area contributed by atoms with Crippen LogP contribution in [0.5, 0.6) is 5.75 Å². The summed E-state index contributed by atoms with van der Waals surface area (Å²) in [4.78, 5) is 34.3. The highest BCUT2D eigenvalue weighted by Crippen LogP contribution is 2.40. The average molecular weight is 465 g/mol. The number of benzene rings is 1. The van der Waals surface area contributed by atoms with Crippen molar-refractivity contribution in [2.24, 2.45) is 0 Å². The van der Waals surface area contributed by atoms with Gasteiger partial charge in [0, 0.05) is 19.2 Å². The topological polar surface area (TPSA) is 108 Å². The number of anilines is 4. The van der Waals surface area contributed by atoms with E-state index in [-0.39, 0.29) is 34.9 Å². The van der Waals surface area contributed by atoms with Gasteiger partial charge >= 0.3 is 11.9 Å². The van der Waals surface area contributed by atoms with E-state index in [1.54, 1.807) is 0 Å². The number of fused-ring (bicyclic) bond motifs is 1. The van der Waals surface area contributed by atoms with Gasteiger partial charge in [0.05, 0.1) is 31.1 Å². The van der Waals surface area contributed by atoms with Gasteiger partial charge in [0.1, 0.15) is 17.3 Å². The summed E-state index contributed by atoms with van der Waals surface area (Å²) in [7, 11) is 2.53. The van der Waals surface area contributed by atoms with Crippen LogP contribution in [0.4, 0.5) is 36.3 Å². The van der Waals surface area contributed by atoms with Gasteiger partial charge in [-0.1, -0.05) is 12.8 Å². The van der Waals surface area contributed by atoms with Crippen molar-refractivity contribution in [3.63, 3.8) is 0 Å². The lowest BCUT2D eigenvalue weighted by Crippen LogP contribution is -2.48. The molecule has 12 heteroatoms. The lowest BCUT2D eigenvalue weighted by atomic mass is 10.1. The van der Waals surface area contributed by atoms with Crippen molar-refractivity contribution in [3.05, 3.63) is 29.7 Å². The zero-order valence-electron chi connectivity index (χ0n) is 17.9. The molecule has 1 aromatic heterocycles. The average Bonchev–Trinajstić information content (AvgIpc) is 3.29. The molecule has 0 atom stereocenters. The number of ether oxygens (including phenoxy) is 1. The molecule has 2 N–H and O–H groups in total. The Morgan fingerprint density at radius 2 is 2.00 bits per heavy atom. The quantitative estimate of drug-likeness (QED) is 0.692. The first-order valence-electron chi connectivity index (χ1n) is 10.3. The number of aromatic nitrogens is 2. The number of halogens is 3. The number of carbonyl (C=O) groups is 2. The van der Waals surface area contributed by atoms with Crippen LogP contribution in [0.25, 0.3) is 0 Å². The van der Waals surface area contributed by atoms with Gasteiger partial charge in [0.15, 0.2) is 5.82 Å². The number of nitrogens with one attached hydrogen (secondary N) is 1. The third-order valence-corrected chi connectivity index (χ3v) is 5.90. The maximum absolute atomic E-state index is 14.7. The Hall–Kier alpha value is -3.57. The van der Waals surface area contributed by atoms with Gasteiger partial charge < -0.3 is 25.0 Å². The van der Waals surface area contributed by atoms with E-state index in [4.69, 9.17) is 9.84 Å². The van der Waals surface area contributed by atoms with Gasteiger partial charge in [-0.05, 0) is 18.9 Å². The van der Waals surface area contributed by atoms with Crippen molar-refractivity contribution in [2.75, 3.05) is 35.8 Å². The molecule has 1 aliphatic heterocycles. The lowest BCUT2D eigenvalue weighted by molar-refractivity contribution is -0.140. The van der Waals surface area contributed by atoms with E-state index in [1.165, 1.54) is 25.3 Å². The van der Waals surface area contributed by atoms with Gasteiger partial charge in [-0.15, -0.1) is 0 Å². The molecular formula is C21H22F3N5O4. The van der Waals surface area contributed by atoms with E-state index in [0.717, 1.165) is 29.9 Å². The summed E-state index contributed by atoms with van der Waals surface area (Å²) in [6.07, 6.45) is 4.40. The summed E-state index contributed by atoms with van der Waals surface area (Å²) < 4.78 is 48.7. The van der Waals surface area contributed by atoms with Crippen LogP contribution in [0.2, 0.25) is 0 Å². The Labute approximate surface area is 187 Å². The van der Waals surface area contributed by atoms with Crippen molar-refractivity contribution >= 4 is 35.0 Å². The van der Waals surface area contributed by atoms with E-state index in [0.29, 0.717) is 12.8 Å². The summed E-state index contributed by atoms with van der Waals surface area (Å²) in [6, 6.07) is 1.73. The second kappa shape index (κ2) is 8.41. The number of carboxylic acid groups (broad SMARTS) is 1. The minimum absolute atomic E-state index is 0.0267. The van der Waals surface area contributed by atoms with Crippen LogP contribution in [0.15, 0.2) is 18.3 Å². The summed E-state index contributed by atoms with van der Waals surface area (Å²) in [6.45, 7) is -0.810. The fraction of sp³-hybridized carbons (Fsp3) is 0.429. The molecule has 2 aliphatic rings. The van der Waals surface area contributed by atoms with E-state index in [1.807, 2.05) is 0 Å². The molecule has 33 heavy (non-hydrogen) atoms. The number of carboxylic acids is 1. The van der Waals surface area contributed by atoms with Gasteiger partial charge in [-0.25, -0.2) is 14.2 Å². The Bertz CT molecular complexity index is 1110. The van der Waals surface area contributed by atoms with Gasteiger partial charge in [0.25, 0.3) is 5.91 Å². The van der Waals surface area contributed by atoms with Crippen molar-refractivity contribution in [1.82, 2.24) is 9.97 Å². The van der Waals surface area contributed by atoms with Crippen molar-refractivity contribution < 1.29 is 32.6 Å². The maximum atomic E-state index is 14.7. The Kier molecular flexibility index (Phi) is 5.76. The summed E-state index contributed by atoms with van der Waals surface area (Å²) in [5, 5.41) is 11.9. The number of rotatable bonds is 5. The fourth-order valence-corrected chi connectivity index (χ4v) is 4.21. The van der Waals surface area contributed by atoms with Crippen molar-refractivity contribution in [1.29, 1.82) is 0 Å². The molecule has 1 fully saturated rings. The molecule has 2 aromatic rings. The Morgan fingerprint density at radius 3 is 2.64 bits per heavy atom. The number of hydrogen-bond donors (Lipinski definition) is 2. The first-order chi connectivity index (χ1) is 15.6. The van der Waals surface area contributed by atoms with Crippen LogP contribution in [0.3, 0.4) is 0 Å². The molecule has 0 radical (unpaired) electrons. The van der Waals surface area contributed by atoms with Crippen molar-refractivity contribution in [3.8, 4) is 5.75 Å². The number of hydrogen-bond acceptors (Lipinski definition) is 7. The second-order valence-corrected chi connectivity index (χ2v) is 8.00. The summed E-state index contributed by atoms with van der Waals surface area (Å²) >= 11 is 0. The SMILES string of the molecule is COc1cc(C(=O)O)c(F)cc1Nc1ncc2c(n1)N(C1CCCC1)CC(F)(F)C(=O)N2C. The largest absolute Gasteiger partial charge is 0.495 e. The smallest absolute Gasteiger partial charge is 0.342 e. The molecule has 1 amide bonds. The number of nitrogens with zero attached hydrogens (tertiary/aromatic N) is 4. The highest BCUT2D eigenvalue weighted by Gasteiger charge is 2.48. The molecule has 4 rings (SSSR count). The van der Waals surface area contributed by atoms with Crippen LogP contribution in [-0.2, 0) is 4.79 Å². The predicted octanol–water partition coefficient (Wildman–Crippen LogP) is 3.43. The van der Waals surface area contributed by atoms with Crippen LogP contribution in [-0.4, -0.2) is 59.6 Å². The molecule has 1 saturated carbocycles. The number of alkyl halides is 2. The Balaban J connectivity index is 1.76. The third-order valence-electron chi connectivity index (χ3n) is 5.90.